The lowest BCUT2D eigenvalue weighted by Gasteiger charge is -2.05. The molecule has 1 N–H and O–H groups in total. The van der Waals surface area contributed by atoms with Crippen LogP contribution < -0.4 is 0 Å². The molecule has 0 atom stereocenters. The molecule has 0 amide bonds. The number of ether oxygens (including phenoxy) is 1. The molecule has 0 aliphatic rings. The molecule has 6 nitrogen and oxygen atoms in total. The Morgan fingerprint density at radius 3 is 3.27 bits per heavy atom. The number of aromatic nitrogens is 4. The SMILES string of the molecule is O=C(OCc1c(Cl)nc2sccn12)c1cccc2cn[nH]c12. The van der Waals surface area contributed by atoms with Gasteiger partial charge in [-0.2, -0.15) is 5.10 Å². The summed E-state index contributed by atoms with van der Waals surface area (Å²) in [6, 6.07) is 5.36. The molecule has 0 saturated carbocycles. The average Bonchev–Trinajstić information content (AvgIpc) is 3.20. The molecular weight excluding hydrogens is 324 g/mol. The Kier molecular flexibility index (Phi) is 3.09. The normalized spacial score (nSPS) is 11.3. The van der Waals surface area contributed by atoms with Gasteiger partial charge in [0.15, 0.2) is 10.1 Å². The van der Waals surface area contributed by atoms with E-state index < -0.39 is 5.97 Å². The van der Waals surface area contributed by atoms with Crippen molar-refractivity contribution >= 4 is 44.8 Å². The van der Waals surface area contributed by atoms with Gasteiger partial charge in [0, 0.05) is 17.0 Å². The van der Waals surface area contributed by atoms with Gasteiger partial charge in [0.05, 0.1) is 23.0 Å². The van der Waals surface area contributed by atoms with E-state index in [9.17, 15) is 4.79 Å². The zero-order chi connectivity index (χ0) is 15.1. The highest BCUT2D eigenvalue weighted by Gasteiger charge is 2.16. The third kappa shape index (κ3) is 2.06. The zero-order valence-corrected chi connectivity index (χ0v) is 12.7. The maximum Gasteiger partial charge on any atom is 0.340 e. The predicted molar refractivity (Wildman–Crippen MR) is 83.3 cm³/mol. The lowest BCUT2D eigenvalue weighted by atomic mass is 10.1. The van der Waals surface area contributed by atoms with Crippen LogP contribution in [0.25, 0.3) is 15.9 Å². The minimum Gasteiger partial charge on any atom is -0.455 e. The van der Waals surface area contributed by atoms with Crippen molar-refractivity contribution < 1.29 is 9.53 Å². The molecule has 0 spiro atoms. The van der Waals surface area contributed by atoms with Crippen molar-refractivity contribution in [1.29, 1.82) is 0 Å². The Labute approximate surface area is 133 Å². The second-order valence-electron chi connectivity index (χ2n) is 4.62. The van der Waals surface area contributed by atoms with Crippen LogP contribution in [0.4, 0.5) is 0 Å². The number of carbonyl (C=O) groups is 1. The fourth-order valence-corrected chi connectivity index (χ4v) is 3.29. The Balaban J connectivity index is 1.61. The Hall–Kier alpha value is -2.38. The maximum absolute atomic E-state index is 12.3. The molecule has 0 bridgehead atoms. The van der Waals surface area contributed by atoms with Crippen molar-refractivity contribution in [3.8, 4) is 0 Å². The van der Waals surface area contributed by atoms with Crippen molar-refractivity contribution in [3.63, 3.8) is 0 Å². The van der Waals surface area contributed by atoms with Crippen LogP contribution in [0, 0.1) is 0 Å². The van der Waals surface area contributed by atoms with Crippen LogP contribution in [0.3, 0.4) is 0 Å². The summed E-state index contributed by atoms with van der Waals surface area (Å²) in [4.78, 5) is 17.3. The molecule has 0 radical (unpaired) electrons. The number of nitrogens with one attached hydrogen (secondary N) is 1. The predicted octanol–water partition coefficient (Wildman–Crippen LogP) is 3.28. The van der Waals surface area contributed by atoms with Crippen LogP contribution >= 0.6 is 22.9 Å². The first-order valence-electron chi connectivity index (χ1n) is 6.43. The summed E-state index contributed by atoms with van der Waals surface area (Å²) in [6.45, 7) is 0.0556. The van der Waals surface area contributed by atoms with Crippen LogP contribution in [0.15, 0.2) is 36.0 Å². The van der Waals surface area contributed by atoms with E-state index in [-0.39, 0.29) is 6.61 Å². The molecule has 3 aromatic heterocycles. The molecule has 0 unspecified atom stereocenters. The number of fused-ring (bicyclic) bond motifs is 2. The lowest BCUT2D eigenvalue weighted by Crippen LogP contribution is -2.07. The smallest absolute Gasteiger partial charge is 0.340 e. The van der Waals surface area contributed by atoms with E-state index in [0.29, 0.717) is 21.9 Å². The molecule has 8 heteroatoms. The van der Waals surface area contributed by atoms with Crippen molar-refractivity contribution in [3.05, 3.63) is 52.4 Å². The molecule has 110 valence electrons. The summed E-state index contributed by atoms with van der Waals surface area (Å²) in [7, 11) is 0. The third-order valence-corrected chi connectivity index (χ3v) is 4.41. The van der Waals surface area contributed by atoms with E-state index in [4.69, 9.17) is 16.3 Å². The number of hydrogen-bond acceptors (Lipinski definition) is 5. The highest BCUT2D eigenvalue weighted by atomic mass is 35.5. The molecule has 0 aliphatic heterocycles. The zero-order valence-electron chi connectivity index (χ0n) is 11.1. The quantitative estimate of drug-likeness (QED) is 0.584. The number of hydrogen-bond donors (Lipinski definition) is 1. The summed E-state index contributed by atoms with van der Waals surface area (Å²) >= 11 is 7.55. The van der Waals surface area contributed by atoms with Crippen LogP contribution in [0.1, 0.15) is 16.1 Å². The van der Waals surface area contributed by atoms with E-state index >= 15 is 0 Å². The molecule has 22 heavy (non-hydrogen) atoms. The number of benzene rings is 1. The van der Waals surface area contributed by atoms with E-state index in [1.807, 2.05) is 22.0 Å². The second kappa shape index (κ2) is 5.11. The lowest BCUT2D eigenvalue weighted by molar-refractivity contribution is 0.0469. The van der Waals surface area contributed by atoms with Gasteiger partial charge in [-0.05, 0) is 6.07 Å². The molecule has 1 aromatic carbocycles. The minimum atomic E-state index is -0.434. The van der Waals surface area contributed by atoms with E-state index in [1.165, 1.54) is 11.3 Å². The molecular formula is C14H9ClN4O2S. The van der Waals surface area contributed by atoms with Crippen LogP contribution in [0.5, 0.6) is 0 Å². The number of thiazole rings is 1. The molecule has 4 aromatic rings. The van der Waals surface area contributed by atoms with Crippen LogP contribution in [-0.4, -0.2) is 25.6 Å². The van der Waals surface area contributed by atoms with Gasteiger partial charge >= 0.3 is 5.97 Å². The Bertz CT molecular complexity index is 987. The van der Waals surface area contributed by atoms with Gasteiger partial charge in [-0.15, -0.1) is 11.3 Å². The number of H-pyrrole nitrogens is 1. The number of para-hydroxylation sites is 1. The number of halogens is 1. The standard InChI is InChI=1S/C14H9ClN4O2S/c15-12-10(19-4-5-22-14(19)17-12)7-21-13(20)9-3-1-2-8-6-16-18-11(8)9/h1-6H,7H2,(H,16,18). The number of aromatic amines is 1. The van der Waals surface area contributed by atoms with Crippen molar-refractivity contribution in [2.75, 3.05) is 0 Å². The Morgan fingerprint density at radius 2 is 2.36 bits per heavy atom. The van der Waals surface area contributed by atoms with Gasteiger partial charge in [0.1, 0.15) is 6.61 Å². The van der Waals surface area contributed by atoms with Gasteiger partial charge < -0.3 is 4.74 Å². The highest BCUT2D eigenvalue weighted by Crippen LogP contribution is 2.23. The summed E-state index contributed by atoms with van der Waals surface area (Å²) in [6.07, 6.45) is 3.51. The third-order valence-electron chi connectivity index (χ3n) is 3.35. The van der Waals surface area contributed by atoms with Gasteiger partial charge in [-0.25, -0.2) is 9.78 Å². The van der Waals surface area contributed by atoms with E-state index in [1.54, 1.807) is 18.3 Å². The first-order valence-corrected chi connectivity index (χ1v) is 7.69. The fraction of sp³-hybridized carbons (Fsp3) is 0.0714. The molecule has 4 rings (SSSR count). The average molecular weight is 333 g/mol. The molecule has 0 fully saturated rings. The number of esters is 1. The Morgan fingerprint density at radius 1 is 1.45 bits per heavy atom. The number of imidazole rings is 1. The monoisotopic (exact) mass is 332 g/mol. The highest BCUT2D eigenvalue weighted by molar-refractivity contribution is 7.15. The van der Waals surface area contributed by atoms with Crippen LogP contribution in [-0.2, 0) is 11.3 Å². The number of carbonyl (C=O) groups excluding carboxylic acids is 1. The van der Waals surface area contributed by atoms with Crippen molar-refractivity contribution in [2.45, 2.75) is 6.61 Å². The van der Waals surface area contributed by atoms with Gasteiger partial charge in [0.25, 0.3) is 0 Å². The maximum atomic E-state index is 12.3. The van der Waals surface area contributed by atoms with E-state index in [2.05, 4.69) is 15.2 Å². The first kappa shape index (κ1) is 13.3. The molecule has 0 saturated heterocycles. The summed E-state index contributed by atoms with van der Waals surface area (Å²) in [5.41, 5.74) is 1.76. The van der Waals surface area contributed by atoms with Gasteiger partial charge in [-0.3, -0.25) is 9.50 Å². The summed E-state index contributed by atoms with van der Waals surface area (Å²) in [5.74, 6) is -0.434. The van der Waals surface area contributed by atoms with Crippen molar-refractivity contribution in [2.24, 2.45) is 0 Å². The largest absolute Gasteiger partial charge is 0.455 e. The van der Waals surface area contributed by atoms with Gasteiger partial charge in [-0.1, -0.05) is 23.7 Å². The first-order chi connectivity index (χ1) is 10.7. The van der Waals surface area contributed by atoms with E-state index in [0.717, 1.165) is 10.3 Å². The molecule has 0 aliphatic carbocycles. The summed E-state index contributed by atoms with van der Waals surface area (Å²) < 4.78 is 7.20. The molecule has 3 heterocycles. The topological polar surface area (TPSA) is 72.3 Å². The van der Waals surface area contributed by atoms with Crippen LogP contribution in [0.2, 0.25) is 5.15 Å². The fourth-order valence-electron chi connectivity index (χ4n) is 2.29. The number of nitrogens with zero attached hydrogens (tertiary/aromatic N) is 3. The second-order valence-corrected chi connectivity index (χ2v) is 5.85. The minimum absolute atomic E-state index is 0.0556. The number of rotatable bonds is 3. The van der Waals surface area contributed by atoms with Crippen molar-refractivity contribution in [1.82, 2.24) is 19.6 Å². The van der Waals surface area contributed by atoms with Gasteiger partial charge in [0.2, 0.25) is 0 Å². The summed E-state index contributed by atoms with van der Waals surface area (Å²) in [5, 5.41) is 9.85.